The molecule has 2 aromatic heterocycles. The van der Waals surface area contributed by atoms with Crippen LogP contribution in [0, 0.1) is 6.92 Å². The molecule has 1 unspecified atom stereocenters. The van der Waals surface area contributed by atoms with Gasteiger partial charge in [-0.05, 0) is 33.2 Å². The summed E-state index contributed by atoms with van der Waals surface area (Å²) in [6, 6.07) is 0. The minimum Gasteiger partial charge on any atom is -0.337 e. The number of hydrogen-bond donors (Lipinski definition) is 1. The lowest BCUT2D eigenvalue weighted by atomic mass is 10.0. The molecule has 6 heteroatoms. The number of nitrogens with zero attached hydrogens (tertiary/aromatic N) is 3. The predicted molar refractivity (Wildman–Crippen MR) is 68.5 cm³/mol. The Morgan fingerprint density at radius 3 is 3.06 bits per heavy atom. The fourth-order valence-corrected chi connectivity index (χ4v) is 2.89. The van der Waals surface area contributed by atoms with Gasteiger partial charge in [0.25, 0.3) is 0 Å². The Bertz CT molecular complexity index is 542. The van der Waals surface area contributed by atoms with Gasteiger partial charge in [0.15, 0.2) is 5.82 Å². The van der Waals surface area contributed by atoms with Gasteiger partial charge in [-0.2, -0.15) is 4.98 Å². The van der Waals surface area contributed by atoms with Crippen molar-refractivity contribution in [2.24, 2.45) is 0 Å². The Labute approximate surface area is 110 Å². The second kappa shape index (κ2) is 4.44. The van der Waals surface area contributed by atoms with Gasteiger partial charge in [0.1, 0.15) is 0 Å². The third-order valence-corrected chi connectivity index (χ3v) is 4.14. The van der Waals surface area contributed by atoms with Crippen LogP contribution in [-0.2, 0) is 12.0 Å². The molecular formula is C12H16N4OS. The molecular weight excluding hydrogens is 248 g/mol. The fourth-order valence-electron chi connectivity index (χ4n) is 2.28. The minimum absolute atomic E-state index is 0.150. The molecule has 1 aliphatic heterocycles. The van der Waals surface area contributed by atoms with E-state index in [2.05, 4.69) is 27.4 Å². The maximum Gasteiger partial charge on any atom is 0.246 e. The summed E-state index contributed by atoms with van der Waals surface area (Å²) < 4.78 is 5.38. The van der Waals surface area contributed by atoms with Gasteiger partial charge in [-0.25, -0.2) is 4.98 Å². The van der Waals surface area contributed by atoms with Crippen LogP contribution in [0.1, 0.15) is 42.2 Å². The summed E-state index contributed by atoms with van der Waals surface area (Å²) in [7, 11) is 0. The molecule has 2 aromatic rings. The van der Waals surface area contributed by atoms with Crippen LogP contribution in [0.15, 0.2) is 9.90 Å². The Morgan fingerprint density at radius 1 is 1.50 bits per heavy atom. The number of aromatic nitrogens is 3. The highest BCUT2D eigenvalue weighted by molar-refractivity contribution is 7.09. The Morgan fingerprint density at radius 2 is 2.39 bits per heavy atom. The average Bonchev–Trinajstić information content (AvgIpc) is 3.02. The number of rotatable bonds is 3. The first-order valence-electron chi connectivity index (χ1n) is 6.15. The van der Waals surface area contributed by atoms with Crippen molar-refractivity contribution in [2.75, 3.05) is 6.54 Å². The molecule has 5 nitrogen and oxygen atoms in total. The lowest BCUT2D eigenvalue weighted by Crippen LogP contribution is -2.33. The van der Waals surface area contributed by atoms with E-state index in [0.717, 1.165) is 30.1 Å². The molecule has 0 bridgehead atoms. The standard InChI is InChI=1S/C12H16N4OS/c1-8-14-9(7-18-8)6-10-15-11(17-16-10)12(2)4-3-5-13-12/h7,13H,3-6H2,1-2H3. The second-order valence-electron chi connectivity index (χ2n) is 4.91. The summed E-state index contributed by atoms with van der Waals surface area (Å²) >= 11 is 1.65. The van der Waals surface area contributed by atoms with Crippen LogP contribution >= 0.6 is 11.3 Å². The van der Waals surface area contributed by atoms with Gasteiger partial charge < -0.3 is 9.84 Å². The van der Waals surface area contributed by atoms with Crippen LogP contribution in [0.25, 0.3) is 0 Å². The van der Waals surface area contributed by atoms with E-state index in [9.17, 15) is 0 Å². The summed E-state index contributed by atoms with van der Waals surface area (Å²) in [5.41, 5.74) is 0.859. The number of thiazole rings is 1. The summed E-state index contributed by atoms with van der Waals surface area (Å²) in [6.45, 7) is 5.13. The van der Waals surface area contributed by atoms with Gasteiger partial charge in [-0.3, -0.25) is 0 Å². The molecule has 3 rings (SSSR count). The molecule has 0 aromatic carbocycles. The SMILES string of the molecule is Cc1nc(Cc2noc(C3(C)CCCN3)n2)cs1. The third-order valence-electron chi connectivity index (χ3n) is 3.31. The molecule has 0 radical (unpaired) electrons. The number of nitrogens with one attached hydrogen (secondary N) is 1. The van der Waals surface area contributed by atoms with Gasteiger partial charge in [-0.1, -0.05) is 5.16 Å². The van der Waals surface area contributed by atoms with Crippen molar-refractivity contribution in [3.63, 3.8) is 0 Å². The van der Waals surface area contributed by atoms with Gasteiger partial charge in [0.2, 0.25) is 5.89 Å². The van der Waals surface area contributed by atoms with E-state index in [1.807, 2.05) is 12.3 Å². The summed E-state index contributed by atoms with van der Waals surface area (Å²) in [5.74, 6) is 1.41. The number of hydrogen-bond acceptors (Lipinski definition) is 6. The summed E-state index contributed by atoms with van der Waals surface area (Å²) in [5, 5.41) is 10.6. The third kappa shape index (κ3) is 2.18. The van der Waals surface area contributed by atoms with Crippen LogP contribution in [0.4, 0.5) is 0 Å². The Hall–Kier alpha value is -1.27. The molecule has 1 atom stereocenters. The first-order valence-corrected chi connectivity index (χ1v) is 7.03. The molecule has 1 saturated heterocycles. The zero-order valence-electron chi connectivity index (χ0n) is 10.6. The van der Waals surface area contributed by atoms with Gasteiger partial charge >= 0.3 is 0 Å². The monoisotopic (exact) mass is 264 g/mol. The number of aryl methyl sites for hydroxylation is 1. The van der Waals surface area contributed by atoms with Gasteiger partial charge in [0, 0.05) is 5.38 Å². The van der Waals surface area contributed by atoms with E-state index >= 15 is 0 Å². The van der Waals surface area contributed by atoms with E-state index in [1.54, 1.807) is 11.3 Å². The molecule has 0 aliphatic carbocycles. The molecule has 18 heavy (non-hydrogen) atoms. The molecule has 3 heterocycles. The molecule has 0 amide bonds. The minimum atomic E-state index is -0.150. The maximum atomic E-state index is 5.38. The molecule has 1 N–H and O–H groups in total. The van der Waals surface area contributed by atoms with Crippen LogP contribution < -0.4 is 5.32 Å². The zero-order chi connectivity index (χ0) is 12.6. The highest BCUT2D eigenvalue weighted by atomic mass is 32.1. The van der Waals surface area contributed by atoms with Crippen LogP contribution in [0.3, 0.4) is 0 Å². The van der Waals surface area contributed by atoms with E-state index < -0.39 is 0 Å². The Kier molecular flexibility index (Phi) is 2.91. The van der Waals surface area contributed by atoms with E-state index in [1.165, 1.54) is 0 Å². The highest BCUT2D eigenvalue weighted by Crippen LogP contribution is 2.28. The first kappa shape index (κ1) is 11.8. The van der Waals surface area contributed by atoms with Crippen molar-refractivity contribution >= 4 is 11.3 Å². The smallest absolute Gasteiger partial charge is 0.246 e. The molecule has 96 valence electrons. The first-order chi connectivity index (χ1) is 8.66. The van der Waals surface area contributed by atoms with Crippen molar-refractivity contribution in [3.05, 3.63) is 27.8 Å². The molecule has 1 aliphatic rings. The van der Waals surface area contributed by atoms with Crippen LogP contribution in [0.5, 0.6) is 0 Å². The van der Waals surface area contributed by atoms with Gasteiger partial charge in [0.05, 0.1) is 22.7 Å². The van der Waals surface area contributed by atoms with Crippen molar-refractivity contribution in [1.29, 1.82) is 0 Å². The van der Waals surface area contributed by atoms with E-state index in [-0.39, 0.29) is 5.54 Å². The molecule has 0 spiro atoms. The topological polar surface area (TPSA) is 63.8 Å². The predicted octanol–water partition coefficient (Wildman–Crippen LogP) is 2.02. The van der Waals surface area contributed by atoms with Crippen molar-refractivity contribution < 1.29 is 4.52 Å². The van der Waals surface area contributed by atoms with E-state index in [4.69, 9.17) is 4.52 Å². The zero-order valence-corrected chi connectivity index (χ0v) is 11.4. The van der Waals surface area contributed by atoms with Crippen molar-refractivity contribution in [2.45, 2.75) is 38.6 Å². The van der Waals surface area contributed by atoms with Crippen molar-refractivity contribution in [3.8, 4) is 0 Å². The quantitative estimate of drug-likeness (QED) is 0.919. The average molecular weight is 264 g/mol. The van der Waals surface area contributed by atoms with Gasteiger partial charge in [-0.15, -0.1) is 11.3 Å². The second-order valence-corrected chi connectivity index (χ2v) is 5.98. The molecule has 0 saturated carbocycles. The largest absolute Gasteiger partial charge is 0.337 e. The van der Waals surface area contributed by atoms with Crippen LogP contribution in [0.2, 0.25) is 0 Å². The lowest BCUT2D eigenvalue weighted by molar-refractivity contribution is 0.274. The highest BCUT2D eigenvalue weighted by Gasteiger charge is 2.35. The van der Waals surface area contributed by atoms with Crippen molar-refractivity contribution in [1.82, 2.24) is 20.4 Å². The fraction of sp³-hybridized carbons (Fsp3) is 0.583. The van der Waals surface area contributed by atoms with Crippen LogP contribution in [-0.4, -0.2) is 21.7 Å². The summed E-state index contributed by atoms with van der Waals surface area (Å²) in [4.78, 5) is 8.90. The van der Waals surface area contributed by atoms with E-state index in [0.29, 0.717) is 18.1 Å². The Balaban J connectivity index is 1.77. The normalized spacial score (nSPS) is 23.7. The lowest BCUT2D eigenvalue weighted by Gasteiger charge is -2.18. The maximum absolute atomic E-state index is 5.38. The summed E-state index contributed by atoms with van der Waals surface area (Å²) in [6.07, 6.45) is 2.84. The molecule has 1 fully saturated rings.